The van der Waals surface area contributed by atoms with E-state index in [0.29, 0.717) is 24.9 Å². The second kappa shape index (κ2) is 11.8. The largest absolute Gasteiger partial charge is 0.324 e. The Bertz CT molecular complexity index is 1050. The molecular weight excluding hydrogens is 436 g/mol. The predicted octanol–water partition coefficient (Wildman–Crippen LogP) is 5.13. The van der Waals surface area contributed by atoms with Crippen LogP contribution >= 0.6 is 0 Å². The van der Waals surface area contributed by atoms with Crippen molar-refractivity contribution in [3.8, 4) is 0 Å². The summed E-state index contributed by atoms with van der Waals surface area (Å²) in [4.78, 5) is 30.2. The predicted molar refractivity (Wildman–Crippen MR) is 145 cm³/mol. The SMILES string of the molecule is Cc1cccc(C(C)C)c1NC(=O)CN1CCN(CC(=O)Nc2c(C)cccc2C(C)C)C(C)C1. The lowest BCUT2D eigenvalue weighted by atomic mass is 9.98. The quantitative estimate of drug-likeness (QED) is 0.552. The monoisotopic (exact) mass is 478 g/mol. The van der Waals surface area contributed by atoms with Crippen molar-refractivity contribution in [2.24, 2.45) is 0 Å². The molecule has 6 nitrogen and oxygen atoms in total. The summed E-state index contributed by atoms with van der Waals surface area (Å²) in [6, 6.07) is 12.5. The molecule has 0 saturated carbocycles. The fraction of sp³-hybridized carbons (Fsp3) is 0.517. The fourth-order valence-electron chi connectivity index (χ4n) is 4.88. The van der Waals surface area contributed by atoms with Gasteiger partial charge >= 0.3 is 0 Å². The molecule has 1 saturated heterocycles. The second-order valence-electron chi connectivity index (χ2n) is 10.5. The highest BCUT2D eigenvalue weighted by Gasteiger charge is 2.27. The Balaban J connectivity index is 1.54. The van der Waals surface area contributed by atoms with E-state index in [9.17, 15) is 9.59 Å². The molecule has 35 heavy (non-hydrogen) atoms. The van der Waals surface area contributed by atoms with Crippen LogP contribution in [0, 0.1) is 13.8 Å². The molecule has 1 atom stereocenters. The highest BCUT2D eigenvalue weighted by Crippen LogP contribution is 2.28. The van der Waals surface area contributed by atoms with Gasteiger partial charge in [0.25, 0.3) is 0 Å². The lowest BCUT2D eigenvalue weighted by molar-refractivity contribution is -0.120. The summed E-state index contributed by atoms with van der Waals surface area (Å²) in [6.45, 7) is 17.8. The van der Waals surface area contributed by atoms with Gasteiger partial charge in [-0.2, -0.15) is 0 Å². The number of rotatable bonds is 8. The van der Waals surface area contributed by atoms with E-state index in [-0.39, 0.29) is 17.9 Å². The van der Waals surface area contributed by atoms with Gasteiger partial charge in [0.15, 0.2) is 0 Å². The number of nitrogens with one attached hydrogen (secondary N) is 2. The summed E-state index contributed by atoms with van der Waals surface area (Å²) in [5, 5.41) is 6.31. The number of hydrogen-bond acceptors (Lipinski definition) is 4. The van der Waals surface area contributed by atoms with Crippen LogP contribution in [-0.2, 0) is 9.59 Å². The number of piperazine rings is 1. The molecule has 1 aliphatic rings. The van der Waals surface area contributed by atoms with Crippen LogP contribution in [0.2, 0.25) is 0 Å². The maximum Gasteiger partial charge on any atom is 0.238 e. The number of para-hydroxylation sites is 2. The van der Waals surface area contributed by atoms with E-state index in [1.54, 1.807) is 0 Å². The van der Waals surface area contributed by atoms with Gasteiger partial charge in [0.2, 0.25) is 11.8 Å². The first-order chi connectivity index (χ1) is 16.6. The van der Waals surface area contributed by atoms with Gasteiger partial charge in [-0.3, -0.25) is 19.4 Å². The van der Waals surface area contributed by atoms with Crippen LogP contribution in [0.4, 0.5) is 11.4 Å². The van der Waals surface area contributed by atoms with E-state index in [4.69, 9.17) is 0 Å². The molecule has 1 unspecified atom stereocenters. The Kier molecular flexibility index (Phi) is 9.09. The van der Waals surface area contributed by atoms with Crippen LogP contribution < -0.4 is 10.6 Å². The lowest BCUT2D eigenvalue weighted by Crippen LogP contribution is -2.55. The first kappa shape index (κ1) is 26.9. The fourth-order valence-corrected chi connectivity index (χ4v) is 4.88. The number of hydrogen-bond donors (Lipinski definition) is 2. The second-order valence-corrected chi connectivity index (χ2v) is 10.5. The number of nitrogens with zero attached hydrogens (tertiary/aromatic N) is 2. The molecule has 2 aromatic carbocycles. The van der Waals surface area contributed by atoms with E-state index in [1.165, 1.54) is 0 Å². The molecular formula is C29H42N4O2. The topological polar surface area (TPSA) is 64.7 Å². The Morgan fingerprint density at radius 3 is 1.77 bits per heavy atom. The Morgan fingerprint density at radius 2 is 1.31 bits per heavy atom. The molecule has 1 fully saturated rings. The normalized spacial score (nSPS) is 17.1. The van der Waals surface area contributed by atoms with Gasteiger partial charge < -0.3 is 10.6 Å². The third kappa shape index (κ3) is 6.92. The van der Waals surface area contributed by atoms with E-state index >= 15 is 0 Å². The summed E-state index contributed by atoms with van der Waals surface area (Å²) in [6.07, 6.45) is 0. The molecule has 0 aliphatic carbocycles. The molecule has 1 heterocycles. The van der Waals surface area contributed by atoms with Crippen molar-refractivity contribution in [3.63, 3.8) is 0 Å². The molecule has 6 heteroatoms. The summed E-state index contributed by atoms with van der Waals surface area (Å²) in [7, 11) is 0. The van der Waals surface area contributed by atoms with Gasteiger partial charge in [-0.15, -0.1) is 0 Å². The van der Waals surface area contributed by atoms with Crippen molar-refractivity contribution >= 4 is 23.2 Å². The Hall–Kier alpha value is -2.70. The smallest absolute Gasteiger partial charge is 0.238 e. The van der Waals surface area contributed by atoms with E-state index in [1.807, 2.05) is 38.1 Å². The maximum absolute atomic E-state index is 12.9. The Morgan fingerprint density at radius 1 is 0.829 bits per heavy atom. The average Bonchev–Trinajstić information content (AvgIpc) is 2.78. The molecule has 2 amide bonds. The van der Waals surface area contributed by atoms with Crippen molar-refractivity contribution in [1.82, 2.24) is 9.80 Å². The molecule has 2 N–H and O–H groups in total. The zero-order valence-electron chi connectivity index (χ0n) is 22.4. The van der Waals surface area contributed by atoms with Crippen LogP contribution in [-0.4, -0.2) is 60.4 Å². The molecule has 0 radical (unpaired) electrons. The van der Waals surface area contributed by atoms with Gasteiger partial charge in [-0.05, 0) is 54.9 Å². The van der Waals surface area contributed by atoms with E-state index in [2.05, 4.69) is 67.2 Å². The number of benzene rings is 2. The zero-order chi connectivity index (χ0) is 25.7. The van der Waals surface area contributed by atoms with E-state index < -0.39 is 0 Å². The van der Waals surface area contributed by atoms with Crippen molar-refractivity contribution in [2.75, 3.05) is 43.4 Å². The van der Waals surface area contributed by atoms with Gasteiger partial charge in [0, 0.05) is 37.1 Å². The minimum absolute atomic E-state index is 0.0139. The number of anilines is 2. The molecule has 1 aliphatic heterocycles. The molecule has 0 aromatic heterocycles. The first-order valence-corrected chi connectivity index (χ1v) is 12.8. The third-order valence-corrected chi connectivity index (χ3v) is 6.95. The summed E-state index contributed by atoms with van der Waals surface area (Å²) >= 11 is 0. The number of amides is 2. The highest BCUT2D eigenvalue weighted by molar-refractivity contribution is 5.94. The summed E-state index contributed by atoms with van der Waals surface area (Å²) < 4.78 is 0. The van der Waals surface area contributed by atoms with Crippen molar-refractivity contribution in [1.29, 1.82) is 0 Å². The van der Waals surface area contributed by atoms with Crippen LogP contribution in [0.5, 0.6) is 0 Å². The highest BCUT2D eigenvalue weighted by atomic mass is 16.2. The van der Waals surface area contributed by atoms with Gasteiger partial charge in [0.1, 0.15) is 0 Å². The van der Waals surface area contributed by atoms with Crippen molar-refractivity contribution in [3.05, 3.63) is 58.7 Å². The minimum Gasteiger partial charge on any atom is -0.324 e. The molecule has 190 valence electrons. The standard InChI is InChI=1S/C29H42N4O2/c1-19(2)24-12-8-10-21(5)28(24)30-26(34)17-32-14-15-33(23(7)16-32)18-27(35)31-29-22(6)11-9-13-25(29)20(3)4/h8-13,19-20,23H,14-18H2,1-7H3,(H,30,34)(H,31,35). The molecule has 2 aromatic rings. The van der Waals surface area contributed by atoms with Crippen LogP contribution in [0.3, 0.4) is 0 Å². The van der Waals surface area contributed by atoms with Gasteiger partial charge in [0.05, 0.1) is 13.1 Å². The van der Waals surface area contributed by atoms with Crippen LogP contribution in [0.1, 0.15) is 68.7 Å². The lowest BCUT2D eigenvalue weighted by Gasteiger charge is -2.39. The first-order valence-electron chi connectivity index (χ1n) is 12.8. The zero-order valence-corrected chi connectivity index (χ0v) is 22.4. The van der Waals surface area contributed by atoms with Crippen molar-refractivity contribution < 1.29 is 9.59 Å². The number of aryl methyl sites for hydroxylation is 2. The summed E-state index contributed by atoms with van der Waals surface area (Å²) in [5.74, 6) is 0.715. The molecule has 0 bridgehead atoms. The Labute approximate surface area is 211 Å². The van der Waals surface area contributed by atoms with Crippen LogP contribution in [0.15, 0.2) is 36.4 Å². The van der Waals surface area contributed by atoms with Crippen LogP contribution in [0.25, 0.3) is 0 Å². The number of carbonyl (C=O) groups is 2. The minimum atomic E-state index is 0.0139. The van der Waals surface area contributed by atoms with Gasteiger partial charge in [-0.1, -0.05) is 64.1 Å². The molecule has 0 spiro atoms. The summed E-state index contributed by atoms with van der Waals surface area (Å²) in [5.41, 5.74) is 6.37. The van der Waals surface area contributed by atoms with Crippen molar-refractivity contribution in [2.45, 2.75) is 66.3 Å². The average molecular weight is 479 g/mol. The van der Waals surface area contributed by atoms with E-state index in [0.717, 1.165) is 53.3 Å². The molecule has 3 rings (SSSR count). The van der Waals surface area contributed by atoms with Gasteiger partial charge in [-0.25, -0.2) is 0 Å². The maximum atomic E-state index is 12.9. The third-order valence-electron chi connectivity index (χ3n) is 6.95. The number of carbonyl (C=O) groups excluding carboxylic acids is 2.